The number of pyridine rings is 1. The number of rotatable bonds is 5. The standard InChI is InChI=1S/C15H18N2O2/c1-11(16-2)15-13(18-3)7-4-8-14(15)19-12-6-5-9-17-10-12/h4-11,16H,1-3H3. The first-order valence-corrected chi connectivity index (χ1v) is 6.18. The van der Waals surface area contributed by atoms with E-state index in [-0.39, 0.29) is 6.04 Å². The normalized spacial score (nSPS) is 11.9. The van der Waals surface area contributed by atoms with Crippen molar-refractivity contribution in [2.24, 2.45) is 0 Å². The summed E-state index contributed by atoms with van der Waals surface area (Å²) in [7, 11) is 3.57. The van der Waals surface area contributed by atoms with Gasteiger partial charge in [0.15, 0.2) is 0 Å². The summed E-state index contributed by atoms with van der Waals surface area (Å²) in [6.45, 7) is 2.06. The zero-order valence-electron chi connectivity index (χ0n) is 11.4. The van der Waals surface area contributed by atoms with Gasteiger partial charge in [-0.15, -0.1) is 0 Å². The van der Waals surface area contributed by atoms with Gasteiger partial charge in [-0.3, -0.25) is 4.98 Å². The number of hydrogen-bond acceptors (Lipinski definition) is 4. The third-order valence-electron chi connectivity index (χ3n) is 2.97. The Bertz CT molecular complexity index is 529. The predicted octanol–water partition coefficient (Wildman–Crippen LogP) is 3.16. The van der Waals surface area contributed by atoms with Crippen LogP contribution in [0.4, 0.5) is 0 Å². The molecule has 0 aliphatic rings. The summed E-state index contributed by atoms with van der Waals surface area (Å²) in [5, 5.41) is 3.21. The van der Waals surface area contributed by atoms with Crippen LogP contribution in [0.15, 0.2) is 42.7 Å². The maximum Gasteiger partial charge on any atom is 0.145 e. The van der Waals surface area contributed by atoms with Gasteiger partial charge in [-0.1, -0.05) is 6.07 Å². The van der Waals surface area contributed by atoms with Crippen molar-refractivity contribution in [1.29, 1.82) is 0 Å². The van der Waals surface area contributed by atoms with Crippen LogP contribution in [0.1, 0.15) is 18.5 Å². The third-order valence-corrected chi connectivity index (χ3v) is 2.97. The SMILES string of the molecule is CNC(C)c1c(OC)cccc1Oc1cccnc1. The van der Waals surface area contributed by atoms with Gasteiger partial charge in [0.25, 0.3) is 0 Å². The van der Waals surface area contributed by atoms with Crippen molar-refractivity contribution >= 4 is 0 Å². The van der Waals surface area contributed by atoms with E-state index in [2.05, 4.69) is 17.2 Å². The third kappa shape index (κ3) is 3.03. The second kappa shape index (κ2) is 6.20. The highest BCUT2D eigenvalue weighted by Gasteiger charge is 2.16. The largest absolute Gasteiger partial charge is 0.496 e. The van der Waals surface area contributed by atoms with Crippen LogP contribution < -0.4 is 14.8 Å². The molecule has 19 heavy (non-hydrogen) atoms. The summed E-state index contributed by atoms with van der Waals surface area (Å²) in [6, 6.07) is 9.62. The number of methoxy groups -OCH3 is 1. The van der Waals surface area contributed by atoms with Crippen LogP contribution in [-0.2, 0) is 0 Å². The Balaban J connectivity index is 2.39. The number of hydrogen-bond donors (Lipinski definition) is 1. The van der Waals surface area contributed by atoms with E-state index < -0.39 is 0 Å². The van der Waals surface area contributed by atoms with Gasteiger partial charge in [-0.05, 0) is 38.2 Å². The first kappa shape index (κ1) is 13.4. The lowest BCUT2D eigenvalue weighted by atomic mass is 10.1. The summed E-state index contributed by atoms with van der Waals surface area (Å²) in [5.41, 5.74) is 0.997. The smallest absolute Gasteiger partial charge is 0.145 e. The number of benzene rings is 1. The van der Waals surface area contributed by atoms with Crippen molar-refractivity contribution in [3.05, 3.63) is 48.3 Å². The van der Waals surface area contributed by atoms with Crippen molar-refractivity contribution in [1.82, 2.24) is 10.3 Å². The van der Waals surface area contributed by atoms with Crippen molar-refractivity contribution in [3.8, 4) is 17.2 Å². The summed E-state index contributed by atoms with van der Waals surface area (Å²) in [6.07, 6.45) is 3.41. The lowest BCUT2D eigenvalue weighted by molar-refractivity contribution is 0.393. The van der Waals surface area contributed by atoms with E-state index in [0.29, 0.717) is 5.75 Å². The molecule has 2 aromatic rings. The molecule has 0 aliphatic heterocycles. The highest BCUT2D eigenvalue weighted by molar-refractivity contribution is 5.48. The maximum absolute atomic E-state index is 5.89. The summed E-state index contributed by atoms with van der Waals surface area (Å²) in [4.78, 5) is 4.05. The van der Waals surface area contributed by atoms with E-state index >= 15 is 0 Å². The molecule has 1 N–H and O–H groups in total. The van der Waals surface area contributed by atoms with Crippen LogP contribution in [0, 0.1) is 0 Å². The molecular formula is C15H18N2O2. The van der Waals surface area contributed by atoms with Gasteiger partial charge in [0.05, 0.1) is 18.9 Å². The van der Waals surface area contributed by atoms with E-state index in [4.69, 9.17) is 9.47 Å². The van der Waals surface area contributed by atoms with Crippen molar-refractivity contribution in [2.75, 3.05) is 14.2 Å². The second-order valence-electron chi connectivity index (χ2n) is 4.17. The Morgan fingerprint density at radius 1 is 1.16 bits per heavy atom. The molecule has 0 radical (unpaired) electrons. The molecule has 0 bridgehead atoms. The molecule has 0 saturated heterocycles. The van der Waals surface area contributed by atoms with Gasteiger partial charge in [0.2, 0.25) is 0 Å². The minimum Gasteiger partial charge on any atom is -0.496 e. The fourth-order valence-corrected chi connectivity index (χ4v) is 1.90. The molecule has 0 amide bonds. The maximum atomic E-state index is 5.89. The van der Waals surface area contributed by atoms with Crippen LogP contribution in [0.3, 0.4) is 0 Å². The Hall–Kier alpha value is -2.07. The van der Waals surface area contributed by atoms with Gasteiger partial charge in [-0.25, -0.2) is 0 Å². The molecule has 1 heterocycles. The van der Waals surface area contributed by atoms with Crippen molar-refractivity contribution < 1.29 is 9.47 Å². The predicted molar refractivity (Wildman–Crippen MR) is 74.8 cm³/mol. The van der Waals surface area contributed by atoms with Gasteiger partial charge >= 0.3 is 0 Å². The van der Waals surface area contributed by atoms with Crippen LogP contribution in [0.5, 0.6) is 17.2 Å². The van der Waals surface area contributed by atoms with Crippen molar-refractivity contribution in [3.63, 3.8) is 0 Å². The van der Waals surface area contributed by atoms with Gasteiger partial charge in [0.1, 0.15) is 17.2 Å². The number of nitrogens with one attached hydrogen (secondary N) is 1. The molecule has 2 rings (SSSR count). The van der Waals surface area contributed by atoms with Gasteiger partial charge in [-0.2, -0.15) is 0 Å². The molecule has 4 heteroatoms. The molecule has 1 aromatic heterocycles. The molecule has 0 saturated carbocycles. The fraction of sp³-hybridized carbons (Fsp3) is 0.267. The highest BCUT2D eigenvalue weighted by atomic mass is 16.5. The van der Waals surface area contributed by atoms with Crippen LogP contribution in [-0.4, -0.2) is 19.1 Å². The average molecular weight is 258 g/mol. The summed E-state index contributed by atoms with van der Waals surface area (Å²) in [5.74, 6) is 2.29. The first-order chi connectivity index (χ1) is 9.26. The Kier molecular flexibility index (Phi) is 4.36. The molecule has 100 valence electrons. The average Bonchev–Trinajstić information content (AvgIpc) is 2.47. The second-order valence-corrected chi connectivity index (χ2v) is 4.17. The van der Waals surface area contributed by atoms with Crippen LogP contribution in [0.2, 0.25) is 0 Å². The molecule has 0 spiro atoms. The minimum absolute atomic E-state index is 0.128. The summed E-state index contributed by atoms with van der Waals surface area (Å²) >= 11 is 0. The van der Waals surface area contributed by atoms with E-state index in [1.165, 1.54) is 0 Å². The summed E-state index contributed by atoms with van der Waals surface area (Å²) < 4.78 is 11.3. The van der Waals surface area contributed by atoms with Gasteiger partial charge in [0, 0.05) is 12.2 Å². The van der Waals surface area contributed by atoms with Crippen LogP contribution >= 0.6 is 0 Å². The number of nitrogens with zero attached hydrogens (tertiary/aromatic N) is 1. The molecular weight excluding hydrogens is 240 g/mol. The molecule has 0 aliphatic carbocycles. The molecule has 1 aromatic carbocycles. The van der Waals surface area contributed by atoms with E-state index in [0.717, 1.165) is 17.1 Å². The van der Waals surface area contributed by atoms with E-state index in [1.54, 1.807) is 19.5 Å². The zero-order valence-corrected chi connectivity index (χ0v) is 11.4. The van der Waals surface area contributed by atoms with E-state index in [1.807, 2.05) is 37.4 Å². The monoisotopic (exact) mass is 258 g/mol. The molecule has 4 nitrogen and oxygen atoms in total. The van der Waals surface area contributed by atoms with Crippen LogP contribution in [0.25, 0.3) is 0 Å². The van der Waals surface area contributed by atoms with Gasteiger partial charge < -0.3 is 14.8 Å². The highest BCUT2D eigenvalue weighted by Crippen LogP contribution is 2.36. The lowest BCUT2D eigenvalue weighted by Crippen LogP contribution is -2.14. The van der Waals surface area contributed by atoms with E-state index in [9.17, 15) is 0 Å². The molecule has 1 atom stereocenters. The number of ether oxygens (including phenoxy) is 2. The Labute approximate surface area is 113 Å². The topological polar surface area (TPSA) is 43.4 Å². The quantitative estimate of drug-likeness (QED) is 0.894. The number of aromatic nitrogens is 1. The Morgan fingerprint density at radius 3 is 2.58 bits per heavy atom. The molecule has 0 fully saturated rings. The lowest BCUT2D eigenvalue weighted by Gasteiger charge is -2.19. The minimum atomic E-state index is 0.128. The Morgan fingerprint density at radius 2 is 1.95 bits per heavy atom. The first-order valence-electron chi connectivity index (χ1n) is 6.18. The van der Waals surface area contributed by atoms with Crippen molar-refractivity contribution in [2.45, 2.75) is 13.0 Å². The fourth-order valence-electron chi connectivity index (χ4n) is 1.90. The molecule has 1 unspecified atom stereocenters. The zero-order chi connectivity index (χ0) is 13.7.